The van der Waals surface area contributed by atoms with Crippen molar-refractivity contribution >= 4 is 33.1 Å². The lowest BCUT2D eigenvalue weighted by molar-refractivity contribution is 0.357. The molecule has 2 aliphatic heterocycles. The van der Waals surface area contributed by atoms with Crippen LogP contribution >= 0.6 is 11.6 Å². The van der Waals surface area contributed by atoms with Gasteiger partial charge in [0.05, 0.1) is 18.2 Å². The summed E-state index contributed by atoms with van der Waals surface area (Å²) in [5.41, 5.74) is 8.59. The molecule has 0 amide bonds. The highest BCUT2D eigenvalue weighted by Gasteiger charge is 2.47. The van der Waals surface area contributed by atoms with Gasteiger partial charge < -0.3 is 10.5 Å². The Morgan fingerprint density at radius 1 is 1.03 bits per heavy atom. The van der Waals surface area contributed by atoms with Gasteiger partial charge in [0.1, 0.15) is 16.5 Å². The number of allylic oxidation sites excluding steroid dienone is 2. The van der Waals surface area contributed by atoms with Crippen molar-refractivity contribution in [3.63, 3.8) is 0 Å². The van der Waals surface area contributed by atoms with Gasteiger partial charge in [0.2, 0.25) is 5.88 Å². The second kappa shape index (κ2) is 8.00. The van der Waals surface area contributed by atoms with Gasteiger partial charge in [-0.3, -0.25) is 4.31 Å². The highest BCUT2D eigenvalue weighted by Crippen LogP contribution is 2.51. The molecule has 0 saturated carbocycles. The summed E-state index contributed by atoms with van der Waals surface area (Å²) in [6, 6.07) is 25.3. The Kier molecular flexibility index (Phi) is 5.12. The van der Waals surface area contributed by atoms with Gasteiger partial charge in [-0.05, 0) is 35.4 Å². The number of para-hydroxylation sites is 1. The third kappa shape index (κ3) is 3.44. The first-order valence-electron chi connectivity index (χ1n) is 10.1. The van der Waals surface area contributed by atoms with Gasteiger partial charge in [0, 0.05) is 10.6 Å². The topological polar surface area (TPSA) is 96.4 Å². The third-order valence-corrected chi connectivity index (χ3v) is 7.83. The molecule has 6 nitrogen and oxygen atoms in total. The van der Waals surface area contributed by atoms with Crippen molar-refractivity contribution in [2.75, 3.05) is 4.31 Å². The van der Waals surface area contributed by atoms with Gasteiger partial charge >= 0.3 is 0 Å². The highest BCUT2D eigenvalue weighted by atomic mass is 35.5. The Labute approximate surface area is 196 Å². The fraction of sp³-hybridized carbons (Fsp3) is 0.0800. The molecule has 5 rings (SSSR count). The molecule has 0 saturated heterocycles. The maximum absolute atomic E-state index is 14.1. The van der Waals surface area contributed by atoms with E-state index in [0.29, 0.717) is 21.8 Å². The van der Waals surface area contributed by atoms with Crippen LogP contribution in [0.5, 0.6) is 0 Å². The first-order chi connectivity index (χ1) is 15.9. The van der Waals surface area contributed by atoms with E-state index < -0.39 is 15.9 Å². The van der Waals surface area contributed by atoms with Gasteiger partial charge in [-0.15, -0.1) is 0 Å². The first-order valence-corrected chi connectivity index (χ1v) is 12.0. The number of halogens is 1. The zero-order valence-corrected chi connectivity index (χ0v) is 18.8. The molecule has 2 N–H and O–H groups in total. The molecule has 33 heavy (non-hydrogen) atoms. The maximum Gasteiger partial charge on any atom is 0.265 e. The van der Waals surface area contributed by atoms with Crippen LogP contribution in [-0.4, -0.2) is 8.42 Å². The Balaban J connectivity index is 1.78. The second-order valence-corrected chi connectivity index (χ2v) is 9.95. The molecule has 164 valence electrons. The van der Waals surface area contributed by atoms with E-state index in [2.05, 4.69) is 6.07 Å². The van der Waals surface area contributed by atoms with Crippen LogP contribution < -0.4 is 10.0 Å². The average Bonchev–Trinajstić information content (AvgIpc) is 2.81. The quantitative estimate of drug-likeness (QED) is 0.583. The van der Waals surface area contributed by atoms with Crippen molar-refractivity contribution in [1.82, 2.24) is 0 Å². The molecule has 0 unspecified atom stereocenters. The predicted molar refractivity (Wildman–Crippen MR) is 127 cm³/mol. The summed E-state index contributed by atoms with van der Waals surface area (Å²) in [7, 11) is -4.11. The van der Waals surface area contributed by atoms with Gasteiger partial charge in [0.15, 0.2) is 5.76 Å². The number of ether oxygens (including phenoxy) is 1. The molecule has 0 radical (unpaired) electrons. The third-order valence-electron chi connectivity index (χ3n) is 5.71. The van der Waals surface area contributed by atoms with E-state index in [9.17, 15) is 13.7 Å². The van der Waals surface area contributed by atoms with Gasteiger partial charge in [-0.2, -0.15) is 5.26 Å². The first kappa shape index (κ1) is 21.1. The van der Waals surface area contributed by atoms with Crippen LogP contribution in [0.15, 0.2) is 95.2 Å². The smallest absolute Gasteiger partial charge is 0.265 e. The van der Waals surface area contributed by atoms with E-state index in [1.165, 1.54) is 4.31 Å². The molecular formula is C25H18ClN3O3S. The lowest BCUT2D eigenvalue weighted by Crippen LogP contribution is -2.39. The van der Waals surface area contributed by atoms with Crippen molar-refractivity contribution in [2.45, 2.75) is 12.5 Å². The summed E-state index contributed by atoms with van der Waals surface area (Å²) in [6.07, 6.45) is 0. The molecule has 0 aromatic heterocycles. The highest BCUT2D eigenvalue weighted by molar-refractivity contribution is 7.96. The number of nitriles is 1. The minimum absolute atomic E-state index is 0.0230. The Hall–Kier alpha value is -3.73. The van der Waals surface area contributed by atoms with Crippen molar-refractivity contribution in [3.8, 4) is 6.07 Å². The van der Waals surface area contributed by atoms with E-state index in [0.717, 1.165) is 5.56 Å². The van der Waals surface area contributed by atoms with Gasteiger partial charge in [0.25, 0.3) is 10.0 Å². The Morgan fingerprint density at radius 2 is 1.76 bits per heavy atom. The molecule has 0 aliphatic carbocycles. The largest absolute Gasteiger partial charge is 0.439 e. The van der Waals surface area contributed by atoms with Crippen LogP contribution in [0.2, 0.25) is 5.02 Å². The lowest BCUT2D eigenvalue weighted by atomic mass is 9.88. The minimum Gasteiger partial charge on any atom is -0.439 e. The number of hydrogen-bond acceptors (Lipinski definition) is 5. The number of fused-ring (bicyclic) bond motifs is 2. The van der Waals surface area contributed by atoms with Crippen molar-refractivity contribution < 1.29 is 13.2 Å². The number of anilines is 1. The zero-order chi connectivity index (χ0) is 23.2. The van der Waals surface area contributed by atoms with Crippen LogP contribution in [0.1, 0.15) is 22.6 Å². The van der Waals surface area contributed by atoms with Gasteiger partial charge in [-0.1, -0.05) is 66.2 Å². The van der Waals surface area contributed by atoms with Crippen LogP contribution in [0.25, 0.3) is 5.76 Å². The van der Waals surface area contributed by atoms with Crippen molar-refractivity contribution in [3.05, 3.63) is 117 Å². The molecule has 3 aromatic carbocycles. The van der Waals surface area contributed by atoms with E-state index in [1.54, 1.807) is 48.5 Å². The average molecular weight is 476 g/mol. The molecule has 1 atom stereocenters. The van der Waals surface area contributed by atoms with E-state index in [-0.39, 0.29) is 28.7 Å². The van der Waals surface area contributed by atoms with Gasteiger partial charge in [-0.25, -0.2) is 8.42 Å². The summed E-state index contributed by atoms with van der Waals surface area (Å²) in [6.45, 7) is 0.125. The summed E-state index contributed by atoms with van der Waals surface area (Å²) in [4.78, 5) is -0.0230. The van der Waals surface area contributed by atoms with Crippen molar-refractivity contribution in [1.29, 1.82) is 5.26 Å². The van der Waals surface area contributed by atoms with Crippen molar-refractivity contribution in [2.24, 2.45) is 5.73 Å². The van der Waals surface area contributed by atoms with E-state index >= 15 is 0 Å². The Morgan fingerprint density at radius 3 is 2.48 bits per heavy atom. The van der Waals surface area contributed by atoms with Crippen LogP contribution in [0.3, 0.4) is 0 Å². The lowest BCUT2D eigenvalue weighted by Gasteiger charge is -2.38. The molecule has 8 heteroatoms. The molecule has 2 heterocycles. The molecule has 3 aromatic rings. The van der Waals surface area contributed by atoms with Crippen LogP contribution in [0.4, 0.5) is 5.69 Å². The fourth-order valence-electron chi connectivity index (χ4n) is 4.25. The number of benzene rings is 3. The second-order valence-electron chi connectivity index (χ2n) is 7.69. The number of sulfonamides is 1. The summed E-state index contributed by atoms with van der Waals surface area (Å²) in [5.74, 6) is -0.937. The minimum atomic E-state index is -4.11. The zero-order valence-electron chi connectivity index (χ0n) is 17.3. The summed E-state index contributed by atoms with van der Waals surface area (Å²) >= 11 is 6.22. The van der Waals surface area contributed by atoms with E-state index in [1.807, 2.05) is 30.3 Å². The standard InChI is InChI=1S/C25H18ClN3O3S/c26-18-10-6-9-17(13-18)22-20(14-27)25(28)32-23-19-11-4-5-12-21(19)29(33(30,31)24(22)23)15-16-7-2-1-3-8-16/h1-13,22H,15,28H2/t22-/m0/s1. The molecular weight excluding hydrogens is 458 g/mol. The number of hydrogen-bond donors (Lipinski definition) is 1. The summed E-state index contributed by atoms with van der Waals surface area (Å²) < 4.78 is 35.4. The molecule has 0 spiro atoms. The number of rotatable bonds is 3. The molecule has 2 aliphatic rings. The number of nitrogens with zero attached hydrogens (tertiary/aromatic N) is 2. The maximum atomic E-state index is 14.1. The normalized spacial score (nSPS) is 18.8. The molecule has 0 fully saturated rings. The Bertz CT molecular complexity index is 1470. The fourth-order valence-corrected chi connectivity index (χ4v) is 6.36. The van der Waals surface area contributed by atoms with E-state index in [4.69, 9.17) is 22.1 Å². The molecule has 0 bridgehead atoms. The monoisotopic (exact) mass is 475 g/mol. The SMILES string of the molecule is N#CC1=C(N)OC2=C([C@H]1c1cccc(Cl)c1)S(=O)(=O)N(Cc1ccccc1)c1ccccc12. The van der Waals surface area contributed by atoms with Crippen LogP contribution in [-0.2, 0) is 21.3 Å². The predicted octanol–water partition coefficient (Wildman–Crippen LogP) is 4.87. The van der Waals surface area contributed by atoms with Crippen LogP contribution in [0, 0.1) is 11.3 Å². The summed E-state index contributed by atoms with van der Waals surface area (Å²) in [5, 5.41) is 10.3. The number of nitrogens with two attached hydrogens (primary N) is 1.